The van der Waals surface area contributed by atoms with E-state index < -0.39 is 11.7 Å². The second kappa shape index (κ2) is 6.18. The van der Waals surface area contributed by atoms with Gasteiger partial charge < -0.3 is 5.73 Å². The number of benzene rings is 1. The molecule has 1 saturated carbocycles. The molecule has 2 aromatic rings. The molecule has 0 aliphatic heterocycles. The predicted molar refractivity (Wildman–Crippen MR) is 84.1 cm³/mol. The van der Waals surface area contributed by atoms with Gasteiger partial charge in [-0.1, -0.05) is 25.0 Å². The molecule has 2 nitrogen and oxygen atoms in total. The summed E-state index contributed by atoms with van der Waals surface area (Å²) >= 11 is 1.49. The molecule has 0 atom stereocenters. The normalized spacial score (nSPS) is 17.3. The zero-order chi connectivity index (χ0) is 15.1. The zero-order valence-electron chi connectivity index (χ0n) is 11.7. The van der Waals surface area contributed by atoms with Crippen molar-refractivity contribution in [2.24, 2.45) is 5.73 Å². The molecule has 1 aromatic carbocycles. The Kier molecular flexibility index (Phi) is 4.84. The summed E-state index contributed by atoms with van der Waals surface area (Å²) in [5.74, 6) is 0. The lowest BCUT2D eigenvalue weighted by Crippen LogP contribution is -2.32. The first kappa shape index (κ1) is 17.2. The first-order valence-electron chi connectivity index (χ1n) is 6.81. The number of aromatic nitrogens is 1. The van der Waals surface area contributed by atoms with E-state index in [1.807, 2.05) is 5.38 Å². The molecule has 0 radical (unpaired) electrons. The molecular formula is C15H16ClF3N2S. The number of hydrogen-bond donors (Lipinski definition) is 1. The van der Waals surface area contributed by atoms with Crippen LogP contribution < -0.4 is 5.73 Å². The van der Waals surface area contributed by atoms with E-state index in [2.05, 4.69) is 4.98 Å². The van der Waals surface area contributed by atoms with E-state index in [9.17, 15) is 13.2 Å². The molecular weight excluding hydrogens is 333 g/mol. The smallest absolute Gasteiger partial charge is 0.319 e. The number of rotatable bonds is 2. The third kappa shape index (κ3) is 3.29. The summed E-state index contributed by atoms with van der Waals surface area (Å²) in [6, 6.07) is 5.09. The number of nitrogens with two attached hydrogens (primary N) is 1. The third-order valence-corrected chi connectivity index (χ3v) is 5.00. The van der Waals surface area contributed by atoms with E-state index in [0.29, 0.717) is 11.3 Å². The average molecular weight is 349 g/mol. The van der Waals surface area contributed by atoms with Crippen LogP contribution in [0.1, 0.15) is 36.3 Å². The summed E-state index contributed by atoms with van der Waals surface area (Å²) in [5, 5.41) is 2.75. The number of hydrogen-bond acceptors (Lipinski definition) is 3. The highest BCUT2D eigenvalue weighted by molar-refractivity contribution is 7.10. The summed E-state index contributed by atoms with van der Waals surface area (Å²) in [4.78, 5) is 4.54. The lowest BCUT2D eigenvalue weighted by molar-refractivity contribution is -0.137. The molecule has 1 heterocycles. The molecule has 3 rings (SSSR count). The fourth-order valence-electron chi connectivity index (χ4n) is 2.68. The molecule has 1 aliphatic carbocycles. The summed E-state index contributed by atoms with van der Waals surface area (Å²) < 4.78 is 37.7. The summed E-state index contributed by atoms with van der Waals surface area (Å²) in [6.45, 7) is 0. The summed E-state index contributed by atoms with van der Waals surface area (Å²) in [5.41, 5.74) is 6.74. The first-order chi connectivity index (χ1) is 9.88. The third-order valence-electron chi connectivity index (χ3n) is 3.93. The Morgan fingerprint density at radius 3 is 2.23 bits per heavy atom. The van der Waals surface area contributed by atoms with Crippen LogP contribution in [0.15, 0.2) is 29.6 Å². The van der Waals surface area contributed by atoms with Crippen molar-refractivity contribution in [1.82, 2.24) is 4.98 Å². The van der Waals surface area contributed by atoms with Gasteiger partial charge in [0, 0.05) is 10.9 Å². The van der Waals surface area contributed by atoms with Crippen LogP contribution in [0.3, 0.4) is 0 Å². The van der Waals surface area contributed by atoms with Crippen molar-refractivity contribution in [3.8, 4) is 11.3 Å². The molecule has 0 saturated heterocycles. The Hall–Kier alpha value is -1.11. The highest BCUT2D eigenvalue weighted by atomic mass is 35.5. The fourth-order valence-corrected chi connectivity index (χ4v) is 3.69. The van der Waals surface area contributed by atoms with Crippen molar-refractivity contribution in [2.45, 2.75) is 37.4 Å². The molecule has 0 bridgehead atoms. The van der Waals surface area contributed by atoms with Gasteiger partial charge in [0.05, 0.1) is 16.8 Å². The Bertz CT molecular complexity index is 631. The maximum absolute atomic E-state index is 12.6. The Morgan fingerprint density at radius 1 is 1.09 bits per heavy atom. The van der Waals surface area contributed by atoms with Crippen LogP contribution in [0.4, 0.5) is 13.2 Å². The SMILES string of the molecule is Cl.NC1(c2nc(-c3ccc(C(F)(F)F)cc3)cs2)CCCC1. The molecule has 7 heteroatoms. The average Bonchev–Trinajstić information content (AvgIpc) is 3.07. The van der Waals surface area contributed by atoms with E-state index in [4.69, 9.17) is 5.73 Å². The van der Waals surface area contributed by atoms with Gasteiger partial charge in [-0.2, -0.15) is 13.2 Å². The van der Waals surface area contributed by atoms with Crippen molar-refractivity contribution >= 4 is 23.7 Å². The fraction of sp³-hybridized carbons (Fsp3) is 0.400. The van der Waals surface area contributed by atoms with Crippen LogP contribution in [-0.2, 0) is 11.7 Å². The summed E-state index contributed by atoms with van der Waals surface area (Å²) in [6.07, 6.45) is -0.256. The van der Waals surface area contributed by atoms with Gasteiger partial charge in [0.1, 0.15) is 5.01 Å². The molecule has 22 heavy (non-hydrogen) atoms. The highest BCUT2D eigenvalue weighted by Crippen LogP contribution is 2.39. The minimum absolute atomic E-state index is 0. The van der Waals surface area contributed by atoms with Crippen molar-refractivity contribution in [3.63, 3.8) is 0 Å². The molecule has 1 aromatic heterocycles. The van der Waals surface area contributed by atoms with Gasteiger partial charge in [-0.25, -0.2) is 4.98 Å². The molecule has 0 unspecified atom stereocenters. The van der Waals surface area contributed by atoms with Gasteiger partial charge in [-0.15, -0.1) is 23.7 Å². The van der Waals surface area contributed by atoms with Gasteiger partial charge >= 0.3 is 6.18 Å². The van der Waals surface area contributed by atoms with Crippen molar-refractivity contribution in [1.29, 1.82) is 0 Å². The van der Waals surface area contributed by atoms with E-state index in [1.165, 1.54) is 23.5 Å². The molecule has 2 N–H and O–H groups in total. The number of nitrogens with zero attached hydrogens (tertiary/aromatic N) is 1. The van der Waals surface area contributed by atoms with E-state index in [-0.39, 0.29) is 17.9 Å². The summed E-state index contributed by atoms with van der Waals surface area (Å²) in [7, 11) is 0. The standard InChI is InChI=1S/C15H15F3N2S.ClH/c16-15(17,18)11-5-3-10(4-6-11)12-9-21-13(20-12)14(19)7-1-2-8-14;/h3-6,9H,1-2,7-8,19H2;1H. The van der Waals surface area contributed by atoms with Crippen molar-refractivity contribution in [2.75, 3.05) is 0 Å². The van der Waals surface area contributed by atoms with Crippen LogP contribution in [0.25, 0.3) is 11.3 Å². The number of halogens is 4. The van der Waals surface area contributed by atoms with E-state index in [0.717, 1.165) is 42.8 Å². The first-order valence-corrected chi connectivity index (χ1v) is 7.69. The van der Waals surface area contributed by atoms with Gasteiger partial charge in [0.2, 0.25) is 0 Å². The second-order valence-corrected chi connectivity index (χ2v) is 6.33. The minimum Gasteiger partial charge on any atom is -0.319 e. The monoisotopic (exact) mass is 348 g/mol. The quantitative estimate of drug-likeness (QED) is 0.831. The second-order valence-electron chi connectivity index (χ2n) is 5.48. The van der Waals surface area contributed by atoms with Crippen molar-refractivity contribution in [3.05, 3.63) is 40.2 Å². The minimum atomic E-state index is -4.31. The Labute approximate surface area is 137 Å². The van der Waals surface area contributed by atoms with Gasteiger partial charge in [0.25, 0.3) is 0 Å². The van der Waals surface area contributed by atoms with Crippen LogP contribution in [-0.4, -0.2) is 4.98 Å². The van der Waals surface area contributed by atoms with E-state index >= 15 is 0 Å². The lowest BCUT2D eigenvalue weighted by Gasteiger charge is -2.19. The van der Waals surface area contributed by atoms with Crippen molar-refractivity contribution < 1.29 is 13.2 Å². The maximum atomic E-state index is 12.6. The molecule has 1 fully saturated rings. The molecule has 120 valence electrons. The van der Waals surface area contributed by atoms with Crippen LogP contribution >= 0.6 is 23.7 Å². The van der Waals surface area contributed by atoms with Gasteiger partial charge in [-0.05, 0) is 25.0 Å². The van der Waals surface area contributed by atoms with Gasteiger partial charge in [0.15, 0.2) is 0 Å². The van der Waals surface area contributed by atoms with E-state index in [1.54, 1.807) is 0 Å². The number of thiazole rings is 1. The maximum Gasteiger partial charge on any atom is 0.416 e. The lowest BCUT2D eigenvalue weighted by atomic mass is 10.0. The number of alkyl halides is 3. The zero-order valence-corrected chi connectivity index (χ0v) is 13.3. The van der Waals surface area contributed by atoms with Crippen LogP contribution in [0.2, 0.25) is 0 Å². The van der Waals surface area contributed by atoms with Crippen LogP contribution in [0, 0.1) is 0 Å². The van der Waals surface area contributed by atoms with Gasteiger partial charge in [-0.3, -0.25) is 0 Å². The molecule has 1 aliphatic rings. The van der Waals surface area contributed by atoms with Crippen LogP contribution in [0.5, 0.6) is 0 Å². The Balaban J connectivity index is 0.00000176. The molecule has 0 amide bonds. The molecule has 0 spiro atoms. The Morgan fingerprint density at radius 2 is 1.68 bits per heavy atom. The predicted octanol–water partition coefficient (Wildman–Crippen LogP) is 4.98. The highest BCUT2D eigenvalue weighted by Gasteiger charge is 2.34. The largest absolute Gasteiger partial charge is 0.416 e. The topological polar surface area (TPSA) is 38.9 Å².